The Balaban J connectivity index is 1.56. The molecule has 2 fully saturated rings. The fraction of sp³-hybridized carbons (Fsp3) is 0.381. The zero-order valence-corrected chi connectivity index (χ0v) is 13.7. The monoisotopic (exact) mass is 318 g/mol. The maximum atomic E-state index is 11.3. The zero-order chi connectivity index (χ0) is 16.6. The average molecular weight is 318 g/mol. The Morgan fingerprint density at radius 2 is 1.75 bits per heavy atom. The lowest BCUT2D eigenvalue weighted by atomic mass is 9.80. The molecule has 4 rings (SSSR count). The number of piperidine rings is 1. The zero-order valence-electron chi connectivity index (χ0n) is 13.7. The summed E-state index contributed by atoms with van der Waals surface area (Å²) in [4.78, 5) is 2.57. The molecule has 0 aromatic heterocycles. The molecule has 0 aliphatic carbocycles. The van der Waals surface area contributed by atoms with Crippen LogP contribution in [0.2, 0.25) is 0 Å². The molecule has 2 saturated heterocycles. The van der Waals surface area contributed by atoms with Crippen molar-refractivity contribution in [2.75, 3.05) is 0 Å². The molecule has 0 radical (unpaired) electrons. The van der Waals surface area contributed by atoms with Gasteiger partial charge in [-0.3, -0.25) is 4.90 Å². The van der Waals surface area contributed by atoms with Gasteiger partial charge in [-0.2, -0.15) is 5.26 Å². The van der Waals surface area contributed by atoms with Crippen molar-refractivity contribution >= 4 is 0 Å². The van der Waals surface area contributed by atoms with E-state index in [0.717, 1.165) is 37.8 Å². The highest BCUT2D eigenvalue weighted by Gasteiger charge is 2.48. The molecule has 3 heteroatoms. The lowest BCUT2D eigenvalue weighted by Gasteiger charge is -2.44. The second kappa shape index (κ2) is 6.05. The van der Waals surface area contributed by atoms with E-state index >= 15 is 0 Å². The summed E-state index contributed by atoms with van der Waals surface area (Å²) in [5.74, 6) is 0. The van der Waals surface area contributed by atoms with Gasteiger partial charge >= 0.3 is 0 Å². The van der Waals surface area contributed by atoms with Crippen LogP contribution in [0.3, 0.4) is 0 Å². The molecule has 1 unspecified atom stereocenters. The highest BCUT2D eigenvalue weighted by molar-refractivity contribution is 5.36. The molecule has 3 atom stereocenters. The summed E-state index contributed by atoms with van der Waals surface area (Å²) in [6.45, 7) is 0.963. The summed E-state index contributed by atoms with van der Waals surface area (Å²) in [5.41, 5.74) is 2.07. The highest BCUT2D eigenvalue weighted by Crippen LogP contribution is 2.46. The Bertz CT molecular complexity index is 751. The summed E-state index contributed by atoms with van der Waals surface area (Å²) in [5, 5.41) is 20.4. The molecular formula is C21H22N2O. The topological polar surface area (TPSA) is 47.3 Å². The van der Waals surface area contributed by atoms with Crippen molar-refractivity contribution in [2.45, 2.75) is 49.9 Å². The van der Waals surface area contributed by atoms with Crippen molar-refractivity contribution in [1.82, 2.24) is 4.90 Å². The van der Waals surface area contributed by atoms with Crippen molar-refractivity contribution in [2.24, 2.45) is 0 Å². The molecule has 24 heavy (non-hydrogen) atoms. The molecule has 2 aromatic carbocycles. The van der Waals surface area contributed by atoms with Crippen molar-refractivity contribution in [3.63, 3.8) is 0 Å². The van der Waals surface area contributed by atoms with Crippen LogP contribution in [0.4, 0.5) is 0 Å². The van der Waals surface area contributed by atoms with E-state index in [1.165, 1.54) is 5.56 Å². The van der Waals surface area contributed by atoms with Crippen LogP contribution in [-0.2, 0) is 12.1 Å². The first kappa shape index (κ1) is 15.4. The Kier molecular flexibility index (Phi) is 3.88. The molecule has 2 bridgehead atoms. The summed E-state index contributed by atoms with van der Waals surface area (Å²) in [6, 6.07) is 21.1. The molecule has 1 N–H and O–H groups in total. The molecule has 3 nitrogen and oxygen atoms in total. The van der Waals surface area contributed by atoms with E-state index in [1.54, 1.807) is 6.07 Å². The number of benzene rings is 2. The first-order valence-electron chi connectivity index (χ1n) is 8.71. The number of rotatable bonds is 3. The molecule has 122 valence electrons. The molecule has 0 amide bonds. The van der Waals surface area contributed by atoms with Gasteiger partial charge in [-0.25, -0.2) is 0 Å². The number of hydrogen-bond acceptors (Lipinski definition) is 3. The smallest absolute Gasteiger partial charge is 0.0991 e. The van der Waals surface area contributed by atoms with Gasteiger partial charge in [-0.15, -0.1) is 0 Å². The van der Waals surface area contributed by atoms with E-state index in [1.807, 2.05) is 18.2 Å². The molecule has 2 heterocycles. The Morgan fingerprint density at radius 1 is 1.04 bits per heavy atom. The van der Waals surface area contributed by atoms with Crippen LogP contribution in [-0.4, -0.2) is 22.1 Å². The third-order valence-electron chi connectivity index (χ3n) is 5.65. The molecule has 0 saturated carbocycles. The predicted molar refractivity (Wildman–Crippen MR) is 93.1 cm³/mol. The van der Waals surface area contributed by atoms with E-state index < -0.39 is 5.60 Å². The van der Waals surface area contributed by atoms with E-state index in [2.05, 4.69) is 41.3 Å². The Morgan fingerprint density at radius 3 is 2.42 bits per heavy atom. The maximum absolute atomic E-state index is 11.3. The third-order valence-corrected chi connectivity index (χ3v) is 5.65. The van der Waals surface area contributed by atoms with Crippen LogP contribution in [0.15, 0.2) is 54.6 Å². The number of nitriles is 1. The minimum atomic E-state index is -0.800. The predicted octanol–water partition coefficient (Wildman–Crippen LogP) is 3.57. The lowest BCUT2D eigenvalue weighted by molar-refractivity contribution is -0.0595. The highest BCUT2D eigenvalue weighted by atomic mass is 16.3. The largest absolute Gasteiger partial charge is 0.385 e. The van der Waals surface area contributed by atoms with Crippen molar-refractivity contribution in [1.29, 1.82) is 5.26 Å². The number of aliphatic hydroxyl groups is 1. The standard InChI is InChI=1S/C21H22N2O/c22-14-17-7-4-8-18(11-17)21(24)12-19-9-10-20(13-21)23(19)15-16-5-2-1-3-6-16/h1-8,11,19-20,24H,9-10,12-13,15H2/t19-,20+,21?. The maximum Gasteiger partial charge on any atom is 0.0991 e. The van der Waals surface area contributed by atoms with Crippen LogP contribution in [0.5, 0.6) is 0 Å². The first-order chi connectivity index (χ1) is 11.7. The second-order valence-corrected chi connectivity index (χ2v) is 7.18. The summed E-state index contributed by atoms with van der Waals surface area (Å²) in [6.07, 6.45) is 3.81. The molecule has 2 aromatic rings. The molecule has 2 aliphatic heterocycles. The summed E-state index contributed by atoms with van der Waals surface area (Å²) in [7, 11) is 0. The minimum Gasteiger partial charge on any atom is -0.385 e. The van der Waals surface area contributed by atoms with Gasteiger partial charge in [0.25, 0.3) is 0 Å². The fourth-order valence-corrected chi connectivity index (χ4v) is 4.48. The number of fused-ring (bicyclic) bond motifs is 2. The van der Waals surface area contributed by atoms with Gasteiger partial charge in [-0.05, 0) is 48.9 Å². The van der Waals surface area contributed by atoms with Crippen LogP contribution in [0.1, 0.15) is 42.4 Å². The average Bonchev–Trinajstić information content (AvgIpc) is 2.86. The lowest BCUT2D eigenvalue weighted by Crippen LogP contribution is -2.49. The van der Waals surface area contributed by atoms with Gasteiger partial charge in [0.05, 0.1) is 17.2 Å². The van der Waals surface area contributed by atoms with Crippen LogP contribution < -0.4 is 0 Å². The Labute approximate surface area is 143 Å². The van der Waals surface area contributed by atoms with E-state index in [-0.39, 0.29) is 0 Å². The summed E-state index contributed by atoms with van der Waals surface area (Å²) >= 11 is 0. The van der Waals surface area contributed by atoms with Gasteiger partial charge in [0, 0.05) is 18.6 Å². The number of nitrogens with zero attached hydrogens (tertiary/aromatic N) is 2. The van der Waals surface area contributed by atoms with Crippen LogP contribution in [0.25, 0.3) is 0 Å². The molecule has 2 aliphatic rings. The van der Waals surface area contributed by atoms with Gasteiger partial charge in [0.15, 0.2) is 0 Å². The third kappa shape index (κ3) is 2.73. The van der Waals surface area contributed by atoms with Gasteiger partial charge in [0.2, 0.25) is 0 Å². The second-order valence-electron chi connectivity index (χ2n) is 7.18. The van der Waals surface area contributed by atoms with E-state index in [4.69, 9.17) is 5.26 Å². The minimum absolute atomic E-state index is 0.416. The normalized spacial score (nSPS) is 29.3. The first-order valence-corrected chi connectivity index (χ1v) is 8.71. The fourth-order valence-electron chi connectivity index (χ4n) is 4.48. The van der Waals surface area contributed by atoms with Crippen molar-refractivity contribution in [3.05, 3.63) is 71.3 Å². The van der Waals surface area contributed by atoms with Crippen molar-refractivity contribution < 1.29 is 5.11 Å². The van der Waals surface area contributed by atoms with Gasteiger partial charge in [0.1, 0.15) is 0 Å². The Hall–Kier alpha value is -2.15. The molecule has 0 spiro atoms. The van der Waals surface area contributed by atoms with E-state index in [0.29, 0.717) is 17.6 Å². The number of hydrogen-bond donors (Lipinski definition) is 1. The van der Waals surface area contributed by atoms with E-state index in [9.17, 15) is 5.11 Å². The van der Waals surface area contributed by atoms with Gasteiger partial charge < -0.3 is 5.11 Å². The SMILES string of the molecule is N#Cc1cccc(C2(O)C[C@H]3CC[C@@H](C2)N3Cc2ccccc2)c1. The van der Waals surface area contributed by atoms with Crippen LogP contribution >= 0.6 is 0 Å². The van der Waals surface area contributed by atoms with Gasteiger partial charge in [-0.1, -0.05) is 42.5 Å². The van der Waals surface area contributed by atoms with Crippen molar-refractivity contribution in [3.8, 4) is 6.07 Å². The quantitative estimate of drug-likeness (QED) is 0.941. The molecular weight excluding hydrogens is 296 g/mol. The summed E-state index contributed by atoms with van der Waals surface area (Å²) < 4.78 is 0. The van der Waals surface area contributed by atoms with Crippen LogP contribution in [0, 0.1) is 11.3 Å².